The molecule has 0 aliphatic carbocycles. The van der Waals surface area contributed by atoms with Crippen LogP contribution in [0.5, 0.6) is 0 Å². The Labute approximate surface area is 156 Å². The number of benzene rings is 1. The van der Waals surface area contributed by atoms with Crippen LogP contribution >= 0.6 is 0 Å². The van der Waals surface area contributed by atoms with Crippen molar-refractivity contribution >= 4 is 17.8 Å². The number of nitrogens with zero attached hydrogens (tertiary/aromatic N) is 2. The van der Waals surface area contributed by atoms with Crippen molar-refractivity contribution in [3.8, 4) is 0 Å². The molecule has 0 unspecified atom stereocenters. The highest BCUT2D eigenvalue weighted by Gasteiger charge is 2.05. The van der Waals surface area contributed by atoms with Crippen LogP contribution in [0.25, 0.3) is 0 Å². The van der Waals surface area contributed by atoms with Crippen molar-refractivity contribution < 1.29 is 14.5 Å². The molecule has 1 aromatic carbocycles. The summed E-state index contributed by atoms with van der Waals surface area (Å²) in [4.78, 5) is 22.4. The summed E-state index contributed by atoms with van der Waals surface area (Å²) in [6.45, 7) is 7.71. The number of nitrogens with one attached hydrogen (secondary N) is 1. The van der Waals surface area contributed by atoms with Crippen molar-refractivity contribution in [1.82, 2.24) is 5.32 Å². The molecule has 0 spiro atoms. The maximum Gasteiger partial charge on any atom is 0.251 e. The van der Waals surface area contributed by atoms with Crippen LogP contribution in [0.1, 0.15) is 68.8 Å². The lowest BCUT2D eigenvalue weighted by atomic mass is 10.1. The zero-order valence-electron chi connectivity index (χ0n) is 16.2. The van der Waals surface area contributed by atoms with E-state index >= 15 is 0 Å². The molecule has 0 atom stereocenters. The van der Waals surface area contributed by atoms with Crippen LogP contribution in [0, 0.1) is 0 Å². The largest absolute Gasteiger partial charge is 0.396 e. The van der Waals surface area contributed by atoms with Gasteiger partial charge in [-0.25, -0.2) is 0 Å². The molecule has 0 fully saturated rings. The first kappa shape index (κ1) is 21.7. The summed E-state index contributed by atoms with van der Waals surface area (Å²) < 4.78 is 0. The maximum atomic E-state index is 12.0. The highest BCUT2D eigenvalue weighted by Crippen LogP contribution is 2.07. The number of hydrogen-bond donors (Lipinski definition) is 1. The summed E-state index contributed by atoms with van der Waals surface area (Å²) in [5.74, 6) is -0.0378. The Balaban J connectivity index is 2.34. The Morgan fingerprint density at radius 3 is 2.42 bits per heavy atom. The molecule has 0 aliphatic rings. The second kappa shape index (κ2) is 13.9. The molecular formula is C20H31N3O3. The zero-order valence-corrected chi connectivity index (χ0v) is 16.2. The van der Waals surface area contributed by atoms with Crippen LogP contribution in [0.2, 0.25) is 0 Å². The van der Waals surface area contributed by atoms with Gasteiger partial charge in [-0.05, 0) is 37.5 Å². The van der Waals surface area contributed by atoms with Crippen LogP contribution in [-0.4, -0.2) is 37.6 Å². The fraction of sp³-hybridized carbons (Fsp3) is 0.550. The normalized spacial score (nSPS) is 11.6. The molecule has 0 heterocycles. The second-order valence-corrected chi connectivity index (χ2v) is 5.93. The van der Waals surface area contributed by atoms with E-state index in [9.17, 15) is 4.79 Å². The number of carbonyl (C=O) groups is 1. The Hall–Kier alpha value is -2.37. The first-order valence-corrected chi connectivity index (χ1v) is 9.38. The molecular weight excluding hydrogens is 330 g/mol. The van der Waals surface area contributed by atoms with Crippen LogP contribution in [0.4, 0.5) is 0 Å². The van der Waals surface area contributed by atoms with E-state index in [0.29, 0.717) is 18.8 Å². The zero-order chi connectivity index (χ0) is 19.0. The third kappa shape index (κ3) is 9.20. The molecule has 0 radical (unpaired) electrons. The van der Waals surface area contributed by atoms with E-state index < -0.39 is 0 Å². The minimum absolute atomic E-state index is 0.0378. The molecule has 144 valence electrons. The van der Waals surface area contributed by atoms with Gasteiger partial charge in [-0.1, -0.05) is 49.1 Å². The molecule has 0 bridgehead atoms. The minimum Gasteiger partial charge on any atom is -0.396 e. The van der Waals surface area contributed by atoms with Gasteiger partial charge in [-0.2, -0.15) is 0 Å². The van der Waals surface area contributed by atoms with Crippen molar-refractivity contribution in [2.24, 2.45) is 10.3 Å². The van der Waals surface area contributed by atoms with Crippen LogP contribution in [0.15, 0.2) is 34.6 Å². The fourth-order valence-corrected chi connectivity index (χ4v) is 2.10. The predicted molar refractivity (Wildman–Crippen MR) is 106 cm³/mol. The van der Waals surface area contributed by atoms with Crippen molar-refractivity contribution in [2.45, 2.75) is 52.9 Å². The van der Waals surface area contributed by atoms with Gasteiger partial charge >= 0.3 is 0 Å². The van der Waals surface area contributed by atoms with Gasteiger partial charge in [-0.15, -0.1) is 0 Å². The summed E-state index contributed by atoms with van der Waals surface area (Å²) >= 11 is 0. The minimum atomic E-state index is -0.0378. The topological polar surface area (TPSA) is 72.3 Å². The highest BCUT2D eigenvalue weighted by atomic mass is 16.6. The van der Waals surface area contributed by atoms with Crippen LogP contribution in [0.3, 0.4) is 0 Å². The molecule has 1 amide bonds. The van der Waals surface area contributed by atoms with Gasteiger partial charge in [0.15, 0.2) is 0 Å². The van der Waals surface area contributed by atoms with E-state index in [2.05, 4.69) is 22.6 Å². The molecule has 1 rings (SSSR count). The SMILES string of the molecule is CC/C=N\OCCCO/N=C(/C)c1ccc(C(=O)NCCCCC)cc1. The van der Waals surface area contributed by atoms with Gasteiger partial charge in [0.25, 0.3) is 5.91 Å². The summed E-state index contributed by atoms with van der Waals surface area (Å²) in [5.41, 5.74) is 2.35. The number of oxime groups is 2. The quantitative estimate of drug-likeness (QED) is 0.326. The molecule has 6 nitrogen and oxygen atoms in total. The Kier molecular flexibility index (Phi) is 11.6. The van der Waals surface area contributed by atoms with Gasteiger partial charge < -0.3 is 15.0 Å². The third-order valence-corrected chi connectivity index (χ3v) is 3.64. The number of amides is 1. The predicted octanol–water partition coefficient (Wildman–Crippen LogP) is 4.15. The molecule has 26 heavy (non-hydrogen) atoms. The van der Waals surface area contributed by atoms with E-state index in [4.69, 9.17) is 9.68 Å². The molecule has 1 N–H and O–H groups in total. The summed E-state index contributed by atoms with van der Waals surface area (Å²) in [6, 6.07) is 7.38. The van der Waals surface area contributed by atoms with Crippen molar-refractivity contribution in [3.63, 3.8) is 0 Å². The number of unbranched alkanes of at least 4 members (excludes halogenated alkanes) is 2. The molecule has 0 aliphatic heterocycles. The summed E-state index contributed by atoms with van der Waals surface area (Å²) in [7, 11) is 0. The molecule has 6 heteroatoms. The van der Waals surface area contributed by atoms with Crippen molar-refractivity contribution in [2.75, 3.05) is 19.8 Å². The lowest BCUT2D eigenvalue weighted by Crippen LogP contribution is -2.24. The van der Waals surface area contributed by atoms with Crippen LogP contribution in [-0.2, 0) is 9.68 Å². The molecule has 0 aromatic heterocycles. The Morgan fingerprint density at radius 1 is 1.04 bits per heavy atom. The lowest BCUT2D eigenvalue weighted by Gasteiger charge is -2.06. The Bertz CT molecular complexity index is 568. The van der Waals surface area contributed by atoms with Gasteiger partial charge in [0.05, 0.1) is 5.71 Å². The second-order valence-electron chi connectivity index (χ2n) is 5.93. The van der Waals surface area contributed by atoms with E-state index in [-0.39, 0.29) is 5.91 Å². The van der Waals surface area contributed by atoms with E-state index in [1.165, 1.54) is 0 Å². The first-order chi connectivity index (χ1) is 12.7. The van der Waals surface area contributed by atoms with Crippen LogP contribution < -0.4 is 5.32 Å². The first-order valence-electron chi connectivity index (χ1n) is 9.38. The van der Waals surface area contributed by atoms with Crippen molar-refractivity contribution in [3.05, 3.63) is 35.4 Å². The monoisotopic (exact) mass is 361 g/mol. The summed E-state index contributed by atoms with van der Waals surface area (Å²) in [5, 5.41) is 10.8. The van der Waals surface area contributed by atoms with E-state index in [0.717, 1.165) is 49.9 Å². The fourth-order valence-electron chi connectivity index (χ4n) is 2.10. The molecule has 1 aromatic rings. The third-order valence-electron chi connectivity index (χ3n) is 3.64. The van der Waals surface area contributed by atoms with Gasteiger partial charge in [-0.3, -0.25) is 4.79 Å². The average Bonchev–Trinajstić information content (AvgIpc) is 2.67. The average molecular weight is 361 g/mol. The maximum absolute atomic E-state index is 12.0. The smallest absolute Gasteiger partial charge is 0.251 e. The van der Waals surface area contributed by atoms with Gasteiger partial charge in [0.2, 0.25) is 0 Å². The van der Waals surface area contributed by atoms with Gasteiger partial charge in [0.1, 0.15) is 13.2 Å². The molecule has 0 saturated heterocycles. The Morgan fingerprint density at radius 2 is 1.73 bits per heavy atom. The lowest BCUT2D eigenvalue weighted by molar-refractivity contribution is 0.0904. The number of rotatable bonds is 13. The number of hydrogen-bond acceptors (Lipinski definition) is 5. The van der Waals surface area contributed by atoms with E-state index in [1.807, 2.05) is 38.1 Å². The molecule has 0 saturated carbocycles. The standard InChI is InChI=1S/C20H31N3O3/c1-4-6-7-14-21-20(24)19-11-9-18(10-12-19)17(3)23-26-16-8-15-25-22-13-5-2/h9-13H,4-8,14-16H2,1-3H3,(H,21,24)/b22-13-,23-17-. The van der Waals surface area contributed by atoms with E-state index in [1.54, 1.807) is 6.21 Å². The number of carbonyl (C=O) groups excluding carboxylic acids is 1. The highest BCUT2D eigenvalue weighted by molar-refractivity contribution is 6.00. The van der Waals surface area contributed by atoms with Gasteiger partial charge in [0, 0.05) is 24.7 Å². The van der Waals surface area contributed by atoms with Crippen molar-refractivity contribution in [1.29, 1.82) is 0 Å². The summed E-state index contributed by atoms with van der Waals surface area (Å²) in [6.07, 6.45) is 6.59.